The number of aromatic hydroxyl groups is 1. The van der Waals surface area contributed by atoms with E-state index in [1.54, 1.807) is 48.5 Å². The van der Waals surface area contributed by atoms with Crippen LogP contribution in [0.4, 0.5) is 5.69 Å². The minimum absolute atomic E-state index is 0.0341. The van der Waals surface area contributed by atoms with E-state index in [1.165, 1.54) is 23.1 Å². The van der Waals surface area contributed by atoms with Crippen molar-refractivity contribution >= 4 is 40.6 Å². The zero-order chi connectivity index (χ0) is 21.5. The number of amides is 1. The van der Waals surface area contributed by atoms with Gasteiger partial charge in [0.05, 0.1) is 24.2 Å². The number of phenolic OH excluding ortho intramolecular Hbond substituents is 1. The van der Waals surface area contributed by atoms with Crippen LogP contribution in [-0.2, 0) is 16.9 Å². The van der Waals surface area contributed by atoms with Crippen LogP contribution in [0.1, 0.15) is 27.9 Å². The zero-order valence-electron chi connectivity index (χ0n) is 15.7. The maximum absolute atomic E-state index is 13.3. The molecule has 30 heavy (non-hydrogen) atoms. The molecule has 3 aromatic rings. The fraction of sp³-hybridized carbons (Fsp3) is 0.130. The Bertz CT molecular complexity index is 1160. The first kappa shape index (κ1) is 20.4. The highest BCUT2D eigenvalue weighted by Gasteiger charge is 2.51. The summed E-state index contributed by atoms with van der Waals surface area (Å²) in [6.07, 6.45) is -0.532. The van der Waals surface area contributed by atoms with Gasteiger partial charge in [-0.1, -0.05) is 53.5 Å². The number of nitrogens with zero attached hydrogens (tertiary/aromatic N) is 1. The Morgan fingerprint density at radius 3 is 2.43 bits per heavy atom. The van der Waals surface area contributed by atoms with E-state index in [4.69, 9.17) is 23.2 Å². The van der Waals surface area contributed by atoms with Crippen molar-refractivity contribution in [2.75, 3.05) is 4.90 Å². The van der Waals surface area contributed by atoms with Crippen molar-refractivity contribution in [2.45, 2.75) is 18.6 Å². The molecule has 1 aliphatic rings. The Hall–Kier alpha value is -2.86. The highest BCUT2D eigenvalue weighted by atomic mass is 35.5. The Kier molecular flexibility index (Phi) is 5.28. The lowest BCUT2D eigenvalue weighted by Crippen LogP contribution is -2.41. The Morgan fingerprint density at radius 1 is 1.00 bits per heavy atom. The molecule has 2 N–H and O–H groups in total. The predicted octanol–water partition coefficient (Wildman–Crippen LogP) is 4.71. The third-order valence-corrected chi connectivity index (χ3v) is 5.80. The summed E-state index contributed by atoms with van der Waals surface area (Å²) in [6, 6.07) is 17.8. The van der Waals surface area contributed by atoms with Gasteiger partial charge >= 0.3 is 0 Å². The smallest absolute Gasteiger partial charge is 0.264 e. The number of para-hydroxylation sites is 1. The molecule has 1 heterocycles. The lowest BCUT2D eigenvalue weighted by atomic mass is 9.88. The van der Waals surface area contributed by atoms with Crippen molar-refractivity contribution in [3.05, 3.63) is 93.5 Å². The second-order valence-corrected chi connectivity index (χ2v) is 7.97. The van der Waals surface area contributed by atoms with Gasteiger partial charge in [-0.05, 0) is 42.0 Å². The van der Waals surface area contributed by atoms with Gasteiger partial charge in [-0.2, -0.15) is 0 Å². The van der Waals surface area contributed by atoms with Gasteiger partial charge in [-0.25, -0.2) is 0 Å². The number of hydrogen-bond acceptors (Lipinski definition) is 4. The number of phenols is 1. The van der Waals surface area contributed by atoms with Crippen LogP contribution >= 0.6 is 23.2 Å². The normalized spacial score (nSPS) is 17.8. The summed E-state index contributed by atoms with van der Waals surface area (Å²) < 4.78 is 0. The minimum Gasteiger partial charge on any atom is -0.507 e. The van der Waals surface area contributed by atoms with Gasteiger partial charge in [-0.15, -0.1) is 0 Å². The molecule has 1 atom stereocenters. The molecule has 4 rings (SSSR count). The Labute approximate surface area is 183 Å². The number of carbonyl (C=O) groups is 2. The number of fused-ring (bicyclic) bond motifs is 1. The number of aliphatic hydroxyl groups is 1. The van der Waals surface area contributed by atoms with Crippen molar-refractivity contribution < 1.29 is 19.8 Å². The highest BCUT2D eigenvalue weighted by Crippen LogP contribution is 2.45. The summed E-state index contributed by atoms with van der Waals surface area (Å²) in [5, 5.41) is 22.2. The number of ketones is 1. The van der Waals surface area contributed by atoms with Crippen LogP contribution in [0.2, 0.25) is 10.0 Å². The molecule has 0 aliphatic carbocycles. The monoisotopic (exact) mass is 441 g/mol. The van der Waals surface area contributed by atoms with Crippen LogP contribution in [0.15, 0.2) is 66.7 Å². The fourth-order valence-corrected chi connectivity index (χ4v) is 4.05. The molecule has 0 fully saturated rings. The lowest BCUT2D eigenvalue weighted by molar-refractivity contribution is -0.136. The molecule has 1 amide bonds. The largest absolute Gasteiger partial charge is 0.507 e. The van der Waals surface area contributed by atoms with Crippen LogP contribution < -0.4 is 4.90 Å². The highest BCUT2D eigenvalue weighted by molar-refractivity contribution is 6.31. The molecule has 152 valence electrons. The van der Waals surface area contributed by atoms with Crippen LogP contribution in [-0.4, -0.2) is 21.9 Å². The summed E-state index contributed by atoms with van der Waals surface area (Å²) in [5.74, 6) is -1.42. The van der Waals surface area contributed by atoms with E-state index in [0.29, 0.717) is 21.3 Å². The average Bonchev–Trinajstić information content (AvgIpc) is 2.91. The summed E-state index contributed by atoms with van der Waals surface area (Å²) in [4.78, 5) is 27.6. The molecule has 0 spiro atoms. The van der Waals surface area contributed by atoms with Crippen LogP contribution in [0, 0.1) is 0 Å². The molecule has 0 saturated heterocycles. The Balaban J connectivity index is 1.74. The van der Waals surface area contributed by atoms with Crippen molar-refractivity contribution in [1.29, 1.82) is 0 Å². The maximum Gasteiger partial charge on any atom is 0.264 e. The first-order chi connectivity index (χ1) is 14.3. The van der Waals surface area contributed by atoms with E-state index >= 15 is 0 Å². The third kappa shape index (κ3) is 3.45. The van der Waals surface area contributed by atoms with E-state index in [0.717, 1.165) is 0 Å². The summed E-state index contributed by atoms with van der Waals surface area (Å²) in [6.45, 7) is 0.125. The number of hydrogen-bond donors (Lipinski definition) is 2. The number of anilines is 1. The SMILES string of the molecule is O=C(C[C@@]1(O)C(=O)N(Cc2ccccc2Cl)c2ccc(Cl)cc21)c1ccccc1O. The van der Waals surface area contributed by atoms with Crippen LogP contribution in [0.5, 0.6) is 5.75 Å². The number of rotatable bonds is 5. The van der Waals surface area contributed by atoms with E-state index in [9.17, 15) is 19.8 Å². The molecule has 0 unspecified atom stereocenters. The molecule has 5 nitrogen and oxygen atoms in total. The van der Waals surface area contributed by atoms with Crippen LogP contribution in [0.25, 0.3) is 0 Å². The number of benzene rings is 3. The first-order valence-electron chi connectivity index (χ1n) is 9.20. The lowest BCUT2D eigenvalue weighted by Gasteiger charge is -2.23. The van der Waals surface area contributed by atoms with Crippen molar-refractivity contribution in [1.82, 2.24) is 0 Å². The minimum atomic E-state index is -2.11. The van der Waals surface area contributed by atoms with Gasteiger partial charge in [0.1, 0.15) is 5.75 Å². The van der Waals surface area contributed by atoms with Gasteiger partial charge < -0.3 is 15.1 Å². The quantitative estimate of drug-likeness (QED) is 0.562. The molecule has 3 aromatic carbocycles. The van der Waals surface area contributed by atoms with Gasteiger partial charge in [0.25, 0.3) is 5.91 Å². The topological polar surface area (TPSA) is 77.8 Å². The maximum atomic E-state index is 13.3. The molecule has 0 aromatic heterocycles. The zero-order valence-corrected chi connectivity index (χ0v) is 17.2. The molecule has 0 radical (unpaired) electrons. The van der Waals surface area contributed by atoms with E-state index in [-0.39, 0.29) is 23.4 Å². The Morgan fingerprint density at radius 2 is 1.70 bits per heavy atom. The standard InChI is InChI=1S/C23H17Cl2NO4/c24-15-9-10-19-17(11-15)23(30,12-21(28)16-6-2-4-8-20(16)27)22(29)26(19)13-14-5-1-3-7-18(14)25/h1-11,27,30H,12-13H2/t23-/m0/s1. The summed E-state index contributed by atoms with van der Waals surface area (Å²) in [5.41, 5.74) is -0.676. The second kappa shape index (κ2) is 7.76. The molecular weight excluding hydrogens is 425 g/mol. The number of Topliss-reactive ketones (excluding diaryl/α,β-unsaturated/α-hetero) is 1. The number of halogens is 2. The number of carbonyl (C=O) groups excluding carboxylic acids is 2. The van der Waals surface area contributed by atoms with Gasteiger partial charge in [0, 0.05) is 15.6 Å². The fourth-order valence-electron chi connectivity index (χ4n) is 3.68. The van der Waals surface area contributed by atoms with Crippen LogP contribution in [0.3, 0.4) is 0 Å². The van der Waals surface area contributed by atoms with Crippen molar-refractivity contribution in [3.8, 4) is 5.75 Å². The van der Waals surface area contributed by atoms with Crippen molar-refractivity contribution in [3.63, 3.8) is 0 Å². The van der Waals surface area contributed by atoms with E-state index in [1.807, 2.05) is 0 Å². The van der Waals surface area contributed by atoms with Crippen molar-refractivity contribution in [2.24, 2.45) is 0 Å². The molecule has 0 bridgehead atoms. The first-order valence-corrected chi connectivity index (χ1v) is 9.96. The van der Waals surface area contributed by atoms with E-state index < -0.39 is 23.7 Å². The summed E-state index contributed by atoms with van der Waals surface area (Å²) >= 11 is 12.4. The third-order valence-electron chi connectivity index (χ3n) is 5.20. The predicted molar refractivity (Wildman–Crippen MR) is 115 cm³/mol. The van der Waals surface area contributed by atoms with Gasteiger partial charge in [0.15, 0.2) is 11.4 Å². The second-order valence-electron chi connectivity index (χ2n) is 7.12. The molecular formula is C23H17Cl2NO4. The molecule has 1 aliphatic heterocycles. The van der Waals surface area contributed by atoms with Gasteiger partial charge in [0.2, 0.25) is 0 Å². The summed E-state index contributed by atoms with van der Waals surface area (Å²) in [7, 11) is 0. The average molecular weight is 442 g/mol. The van der Waals surface area contributed by atoms with E-state index in [2.05, 4.69) is 0 Å². The molecule has 7 heteroatoms. The van der Waals surface area contributed by atoms with Gasteiger partial charge in [-0.3, -0.25) is 9.59 Å². The molecule has 0 saturated carbocycles.